The van der Waals surface area contributed by atoms with Gasteiger partial charge in [-0.05, 0) is 49.2 Å². The summed E-state index contributed by atoms with van der Waals surface area (Å²) in [6.07, 6.45) is 0.627. The van der Waals surface area contributed by atoms with E-state index in [2.05, 4.69) is 0 Å². The van der Waals surface area contributed by atoms with Crippen LogP contribution in [-0.2, 0) is 4.79 Å². The van der Waals surface area contributed by atoms with Crippen molar-refractivity contribution >= 4 is 5.91 Å². The van der Waals surface area contributed by atoms with E-state index in [1.165, 1.54) is 12.1 Å². The maximum absolute atomic E-state index is 13.3. The van der Waals surface area contributed by atoms with Gasteiger partial charge in [-0.3, -0.25) is 4.79 Å². The van der Waals surface area contributed by atoms with Gasteiger partial charge in [-0.1, -0.05) is 24.3 Å². The van der Waals surface area contributed by atoms with Gasteiger partial charge in [0, 0.05) is 25.9 Å². The molecule has 0 N–H and O–H groups in total. The maximum Gasteiger partial charge on any atom is 0.223 e. The minimum absolute atomic E-state index is 0.0536. The van der Waals surface area contributed by atoms with Crippen LogP contribution in [0, 0.1) is 17.1 Å². The van der Waals surface area contributed by atoms with Crippen molar-refractivity contribution < 1.29 is 13.9 Å². The fourth-order valence-corrected chi connectivity index (χ4v) is 2.85. The lowest BCUT2D eigenvalue weighted by Crippen LogP contribution is -2.29. The third-order valence-electron chi connectivity index (χ3n) is 4.29. The van der Waals surface area contributed by atoms with Crippen LogP contribution in [0.1, 0.15) is 43.7 Å². The summed E-state index contributed by atoms with van der Waals surface area (Å²) in [4.78, 5) is 14.2. The first-order valence-corrected chi connectivity index (χ1v) is 9.03. The molecular weight excluding hydrogens is 343 g/mol. The van der Waals surface area contributed by atoms with Gasteiger partial charge in [-0.15, -0.1) is 0 Å². The molecule has 0 spiro atoms. The number of nitriles is 1. The number of rotatable bonds is 8. The Morgan fingerprint density at radius 3 is 2.19 bits per heavy atom. The first-order chi connectivity index (χ1) is 12.9. The first-order valence-electron chi connectivity index (χ1n) is 9.03. The highest BCUT2D eigenvalue weighted by Crippen LogP contribution is 2.30. The number of amides is 1. The van der Waals surface area contributed by atoms with Crippen LogP contribution in [0.3, 0.4) is 0 Å². The molecule has 0 aliphatic heterocycles. The molecular formula is C22H25FN2O2. The molecule has 1 unspecified atom stereocenters. The number of nitrogens with zero attached hydrogens (tertiary/aromatic N) is 2. The largest absolute Gasteiger partial charge is 0.491 e. The SMILES string of the molecule is CC(C)Oc1ccc(C(CC(=O)N(C)CCC#N)c2ccc(F)cc2)cc1. The average Bonchev–Trinajstić information content (AvgIpc) is 2.65. The molecule has 4 nitrogen and oxygen atoms in total. The number of ether oxygens (including phenoxy) is 1. The summed E-state index contributed by atoms with van der Waals surface area (Å²) in [5.74, 6) is 0.206. The fraction of sp³-hybridized carbons (Fsp3) is 0.364. The topological polar surface area (TPSA) is 53.3 Å². The van der Waals surface area contributed by atoms with Crippen LogP contribution in [0.5, 0.6) is 5.75 Å². The number of carbonyl (C=O) groups is 1. The highest BCUT2D eigenvalue weighted by atomic mass is 19.1. The molecule has 2 aromatic carbocycles. The molecule has 0 aliphatic rings. The van der Waals surface area contributed by atoms with Gasteiger partial charge in [0.05, 0.1) is 18.6 Å². The summed E-state index contributed by atoms with van der Waals surface area (Å²) in [7, 11) is 1.70. The molecule has 0 saturated carbocycles. The van der Waals surface area contributed by atoms with Crippen LogP contribution in [0.25, 0.3) is 0 Å². The Morgan fingerprint density at radius 2 is 1.67 bits per heavy atom. The standard InChI is InChI=1S/C22H25FN2O2/c1-16(2)27-20-11-7-18(8-12-20)21(17-5-9-19(23)10-6-17)15-22(26)25(3)14-4-13-24/h5-12,16,21H,4,14-15H2,1-3H3. The average molecular weight is 368 g/mol. The van der Waals surface area contributed by atoms with Crippen LogP contribution in [0.15, 0.2) is 48.5 Å². The summed E-state index contributed by atoms with van der Waals surface area (Å²) in [6, 6.07) is 15.9. The Hall–Kier alpha value is -2.87. The smallest absolute Gasteiger partial charge is 0.223 e. The number of benzene rings is 2. The summed E-state index contributed by atoms with van der Waals surface area (Å²) in [6.45, 7) is 4.32. The number of hydrogen-bond acceptors (Lipinski definition) is 3. The Balaban J connectivity index is 2.26. The van der Waals surface area contributed by atoms with Crippen molar-refractivity contribution in [1.82, 2.24) is 4.90 Å². The number of halogens is 1. The lowest BCUT2D eigenvalue weighted by atomic mass is 9.88. The zero-order valence-electron chi connectivity index (χ0n) is 16.0. The van der Waals surface area contributed by atoms with Gasteiger partial charge in [0.15, 0.2) is 0 Å². The van der Waals surface area contributed by atoms with Gasteiger partial charge in [-0.25, -0.2) is 4.39 Å². The van der Waals surface area contributed by atoms with Crippen LogP contribution < -0.4 is 4.74 Å². The van der Waals surface area contributed by atoms with Gasteiger partial charge >= 0.3 is 0 Å². The predicted molar refractivity (Wildman–Crippen MR) is 103 cm³/mol. The molecule has 0 aromatic heterocycles. The first kappa shape index (κ1) is 20.4. The third kappa shape index (κ3) is 6.10. The fourth-order valence-electron chi connectivity index (χ4n) is 2.85. The Kier molecular flexibility index (Phi) is 7.36. The van der Waals surface area contributed by atoms with Crippen LogP contribution >= 0.6 is 0 Å². The molecule has 0 radical (unpaired) electrons. The van der Waals surface area contributed by atoms with Crippen molar-refractivity contribution in [3.05, 3.63) is 65.5 Å². The van der Waals surface area contributed by atoms with Crippen molar-refractivity contribution in [1.29, 1.82) is 5.26 Å². The second-order valence-electron chi connectivity index (χ2n) is 6.77. The maximum atomic E-state index is 13.3. The molecule has 0 heterocycles. The second-order valence-corrected chi connectivity index (χ2v) is 6.77. The van der Waals surface area contributed by atoms with Crippen molar-refractivity contribution in [3.63, 3.8) is 0 Å². The summed E-state index contributed by atoms with van der Waals surface area (Å²) in [5, 5.41) is 8.71. The van der Waals surface area contributed by atoms with E-state index in [4.69, 9.17) is 10.00 Å². The molecule has 0 bridgehead atoms. The Labute approximate surface area is 160 Å². The summed E-state index contributed by atoms with van der Waals surface area (Å²) in [5.41, 5.74) is 1.83. The van der Waals surface area contributed by atoms with E-state index >= 15 is 0 Å². The van der Waals surface area contributed by atoms with E-state index in [9.17, 15) is 9.18 Å². The van der Waals surface area contributed by atoms with Crippen molar-refractivity contribution in [2.45, 2.75) is 38.7 Å². The highest BCUT2D eigenvalue weighted by Gasteiger charge is 2.21. The molecule has 0 saturated heterocycles. The van der Waals surface area contributed by atoms with E-state index < -0.39 is 0 Å². The molecule has 2 aromatic rings. The van der Waals surface area contributed by atoms with E-state index in [0.29, 0.717) is 13.0 Å². The molecule has 1 atom stereocenters. The van der Waals surface area contributed by atoms with Crippen molar-refractivity contribution in [2.24, 2.45) is 0 Å². The molecule has 5 heteroatoms. The Morgan fingerprint density at radius 1 is 1.11 bits per heavy atom. The third-order valence-corrected chi connectivity index (χ3v) is 4.29. The van der Waals surface area contributed by atoms with Crippen LogP contribution in [0.4, 0.5) is 4.39 Å². The minimum atomic E-state index is -0.310. The normalized spacial score (nSPS) is 11.7. The minimum Gasteiger partial charge on any atom is -0.491 e. The van der Waals surface area contributed by atoms with Gasteiger partial charge in [0.2, 0.25) is 5.91 Å². The van der Waals surface area contributed by atoms with E-state index in [1.54, 1.807) is 24.1 Å². The summed E-state index contributed by atoms with van der Waals surface area (Å²) < 4.78 is 19.0. The molecule has 0 fully saturated rings. The number of carbonyl (C=O) groups excluding carboxylic acids is 1. The molecule has 1 amide bonds. The quantitative estimate of drug-likeness (QED) is 0.689. The summed E-state index contributed by atoms with van der Waals surface area (Å²) >= 11 is 0. The lowest BCUT2D eigenvalue weighted by Gasteiger charge is -2.22. The van der Waals surface area contributed by atoms with Crippen LogP contribution in [-0.4, -0.2) is 30.5 Å². The van der Waals surface area contributed by atoms with Gasteiger partial charge in [0.1, 0.15) is 11.6 Å². The van der Waals surface area contributed by atoms with Crippen molar-refractivity contribution in [3.8, 4) is 11.8 Å². The Bertz CT molecular complexity index is 779. The monoisotopic (exact) mass is 368 g/mol. The zero-order valence-corrected chi connectivity index (χ0v) is 16.0. The molecule has 142 valence electrons. The van der Waals surface area contributed by atoms with Crippen molar-refractivity contribution in [2.75, 3.05) is 13.6 Å². The van der Waals surface area contributed by atoms with E-state index in [1.807, 2.05) is 44.2 Å². The lowest BCUT2D eigenvalue weighted by molar-refractivity contribution is -0.130. The number of hydrogen-bond donors (Lipinski definition) is 0. The van der Waals surface area contributed by atoms with E-state index in [0.717, 1.165) is 16.9 Å². The van der Waals surface area contributed by atoms with Gasteiger partial charge in [0.25, 0.3) is 0 Å². The van der Waals surface area contributed by atoms with E-state index in [-0.39, 0.29) is 30.2 Å². The molecule has 0 aliphatic carbocycles. The highest BCUT2D eigenvalue weighted by molar-refractivity contribution is 5.77. The molecule has 27 heavy (non-hydrogen) atoms. The van der Waals surface area contributed by atoms with Gasteiger partial charge < -0.3 is 9.64 Å². The van der Waals surface area contributed by atoms with Gasteiger partial charge in [-0.2, -0.15) is 5.26 Å². The predicted octanol–water partition coefficient (Wildman–Crippen LogP) is 4.51. The van der Waals surface area contributed by atoms with Crippen LogP contribution in [0.2, 0.25) is 0 Å². The molecule has 2 rings (SSSR count). The zero-order chi connectivity index (χ0) is 19.8. The second kappa shape index (κ2) is 9.72.